The van der Waals surface area contributed by atoms with Crippen LogP contribution < -0.4 is 43.8 Å². The molecule has 0 bridgehead atoms. The number of nitrogen functional groups attached to an aromatic ring is 3. The molecule has 2 atom stereocenters. The average Bonchev–Trinajstić information content (AvgIpc) is 0.782. The number of unbranched alkanes of at least 4 members (excludes halogenated alkanes) is 2. The number of nitrogens with zero attached hydrogens (tertiary/aromatic N) is 5. The van der Waals surface area contributed by atoms with Crippen molar-refractivity contribution in [2.45, 2.75) is 151 Å². The molecule has 11 aromatic carbocycles. The van der Waals surface area contributed by atoms with Gasteiger partial charge in [0, 0.05) is 66.0 Å². The van der Waals surface area contributed by atoms with Crippen LogP contribution in [0.25, 0.3) is 32.3 Å². The maximum Gasteiger partial charge on any atom is 0.407 e. The average molecular weight is 1990 g/mol. The van der Waals surface area contributed by atoms with Crippen molar-refractivity contribution in [2.75, 3.05) is 109 Å². The molecule has 0 radical (unpaired) electrons. The van der Waals surface area contributed by atoms with Gasteiger partial charge in [-0.25, -0.2) is 19.6 Å². The zero-order valence-electron chi connectivity index (χ0n) is 81.9. The molecule has 140 heavy (non-hydrogen) atoms. The molecule has 0 aliphatic heterocycles. The van der Waals surface area contributed by atoms with E-state index >= 15 is 0 Å². The molecule has 0 fully saturated rings. The highest BCUT2D eigenvalue weighted by atomic mass is 35.5. The molecule has 0 spiro atoms. The van der Waals surface area contributed by atoms with Crippen LogP contribution in [0, 0.1) is 40.9 Å². The van der Waals surface area contributed by atoms with Crippen LogP contribution in [0.4, 0.5) is 38.3 Å². The van der Waals surface area contributed by atoms with Gasteiger partial charge in [0.05, 0.1) is 0 Å². The summed E-state index contributed by atoms with van der Waals surface area (Å²) in [7, 11) is 12.6. The third-order valence-electron chi connectivity index (χ3n) is 21.7. The van der Waals surface area contributed by atoms with E-state index in [1.807, 2.05) is 135 Å². The molecule has 1 aromatic heterocycles. The highest BCUT2D eigenvalue weighted by Gasteiger charge is 2.21. The molecule has 12 N–H and O–H groups in total. The predicted molar refractivity (Wildman–Crippen MR) is 596 cm³/mol. The van der Waals surface area contributed by atoms with Crippen molar-refractivity contribution in [2.24, 2.45) is 11.8 Å². The molecule has 5 amide bonds. The molecular formula is C112H143ClN14O9S4. The van der Waals surface area contributed by atoms with Gasteiger partial charge in [0.25, 0.3) is 5.91 Å². The Morgan fingerprint density at radius 3 is 1.19 bits per heavy atom. The van der Waals surface area contributed by atoms with Crippen LogP contribution in [0.2, 0.25) is 5.15 Å². The summed E-state index contributed by atoms with van der Waals surface area (Å²) < 4.78 is 10.4. The Morgan fingerprint density at radius 1 is 0.436 bits per heavy atom. The van der Waals surface area contributed by atoms with Crippen LogP contribution in [0.5, 0.6) is 0 Å². The summed E-state index contributed by atoms with van der Waals surface area (Å²) in [5.41, 5.74) is 31.8. The van der Waals surface area contributed by atoms with Gasteiger partial charge in [-0.15, -0.1) is 0 Å². The molecule has 12 aromatic rings. The number of fused-ring (bicyclic) bond motifs is 3. The Hall–Kier alpha value is -12.6. The van der Waals surface area contributed by atoms with Crippen molar-refractivity contribution in [3.8, 4) is 23.7 Å². The van der Waals surface area contributed by atoms with Gasteiger partial charge >= 0.3 is 18.3 Å². The van der Waals surface area contributed by atoms with Crippen LogP contribution in [-0.4, -0.2) is 147 Å². The van der Waals surface area contributed by atoms with Gasteiger partial charge in [-0.1, -0.05) is 296 Å². The second-order valence-corrected chi connectivity index (χ2v) is 34.8. The first-order valence-electron chi connectivity index (χ1n) is 46.2. The topological polar surface area (TPSA) is 336 Å². The van der Waals surface area contributed by atoms with Gasteiger partial charge in [-0.2, -0.15) is 50.1 Å². The van der Waals surface area contributed by atoms with Crippen molar-refractivity contribution < 1.29 is 43.0 Å². The van der Waals surface area contributed by atoms with E-state index in [0.717, 1.165) is 145 Å². The number of carbonyl (C=O) groups excluding carboxylic acids is 7. The number of nitrogens with one attached hydrogen (secondary N) is 6. The molecule has 1 heterocycles. The third kappa shape index (κ3) is 45.1. The van der Waals surface area contributed by atoms with Crippen molar-refractivity contribution in [3.63, 3.8) is 0 Å². The molecule has 0 unspecified atom stereocenters. The van der Waals surface area contributed by atoms with E-state index in [1.54, 1.807) is 6.26 Å². The number of hydrogen-bond acceptors (Lipinski definition) is 19. The van der Waals surface area contributed by atoms with Gasteiger partial charge in [-0.3, -0.25) is 19.8 Å². The summed E-state index contributed by atoms with van der Waals surface area (Å²) in [5.74, 6) is 11.8. The normalized spacial score (nSPS) is 10.6. The predicted octanol–water partition coefficient (Wildman–Crippen LogP) is 21.6. The lowest BCUT2D eigenvalue weighted by Gasteiger charge is -2.16. The first-order chi connectivity index (χ1) is 65.7. The maximum atomic E-state index is 13.0. The number of hydrogen-bond donors (Lipinski definition) is 9. The minimum Gasteiger partial charge on any atom is -0.445 e. The Bertz CT molecular complexity index is 5940. The summed E-state index contributed by atoms with van der Waals surface area (Å²) >= 11 is 6.67. The molecule has 0 saturated carbocycles. The number of nitrogens with two attached hydrogens (primary N) is 3. The van der Waals surface area contributed by atoms with E-state index in [-0.39, 0.29) is 119 Å². The minimum atomic E-state index is -0.647. The highest BCUT2D eigenvalue weighted by Crippen LogP contribution is 2.30. The lowest BCUT2D eigenvalue weighted by molar-refractivity contribution is -0.191. The fourth-order valence-electron chi connectivity index (χ4n) is 14.5. The van der Waals surface area contributed by atoms with Crippen LogP contribution in [0.3, 0.4) is 0 Å². The van der Waals surface area contributed by atoms with Gasteiger partial charge < -0.3 is 68.0 Å². The molecular weight excluding hydrogens is 1850 g/mol. The second kappa shape index (κ2) is 68.4. The lowest BCUT2D eigenvalue weighted by atomic mass is 9.91. The largest absolute Gasteiger partial charge is 0.445 e. The molecule has 0 aliphatic carbocycles. The smallest absolute Gasteiger partial charge is 0.407 e. The number of amidine groups is 1. The Kier molecular flexibility index (Phi) is 59.4. The summed E-state index contributed by atoms with van der Waals surface area (Å²) in [5, 5.41) is 28.3. The third-order valence-corrected chi connectivity index (χ3v) is 22.5. The van der Waals surface area contributed by atoms with E-state index in [2.05, 4.69) is 252 Å². The summed E-state index contributed by atoms with van der Waals surface area (Å²) in [6.07, 6.45) is 17.2. The van der Waals surface area contributed by atoms with E-state index < -0.39 is 18.1 Å². The van der Waals surface area contributed by atoms with E-state index in [1.165, 1.54) is 80.6 Å². The molecule has 23 nitrogen and oxygen atoms in total. The fourth-order valence-corrected chi connectivity index (χ4v) is 14.8. The number of thioether (sulfide) groups is 1. The van der Waals surface area contributed by atoms with Gasteiger partial charge in [0.15, 0.2) is 27.7 Å². The van der Waals surface area contributed by atoms with E-state index in [4.69, 9.17) is 53.3 Å². The number of aryl methyl sites for hydroxylation is 5. The number of alkyl carbamates (subject to hydrolysis) is 2. The van der Waals surface area contributed by atoms with Crippen molar-refractivity contribution in [1.82, 2.24) is 40.6 Å². The Morgan fingerprint density at radius 2 is 0.793 bits per heavy atom. The van der Waals surface area contributed by atoms with Crippen molar-refractivity contribution in [1.29, 1.82) is 5.41 Å². The van der Waals surface area contributed by atoms with Crippen molar-refractivity contribution >= 4 is 166 Å². The number of carbonyl (C=O) groups is 5. The van der Waals surface area contributed by atoms with Crippen LogP contribution in [0.15, 0.2) is 243 Å². The molecule has 0 aliphatic rings. The summed E-state index contributed by atoms with van der Waals surface area (Å²) in [6, 6.07) is 81.9. The minimum absolute atomic E-state index is 0. The number of aromatic nitrogens is 2. The lowest BCUT2D eigenvalue weighted by Crippen LogP contribution is -2.29. The van der Waals surface area contributed by atoms with Gasteiger partial charge in [-0.05, 0) is 270 Å². The second-order valence-electron chi connectivity index (χ2n) is 33.6. The van der Waals surface area contributed by atoms with Gasteiger partial charge in [0.2, 0.25) is 11.8 Å². The Balaban J connectivity index is 0.000000467. The Labute approximate surface area is 859 Å². The number of rotatable bonds is 35. The zero-order chi connectivity index (χ0) is 98.4. The molecule has 746 valence electrons. The number of halogens is 1. The number of amides is 5. The summed E-state index contributed by atoms with van der Waals surface area (Å²) in [6.45, 7) is 13.1. The first kappa shape index (κ1) is 122. The molecule has 0 saturated heterocycles. The molecule has 12 rings (SSSR count). The van der Waals surface area contributed by atoms with Crippen LogP contribution in [-0.2, 0) is 86.8 Å². The van der Waals surface area contributed by atoms with E-state index in [0.29, 0.717) is 32.4 Å². The zero-order valence-corrected chi connectivity index (χ0v) is 86.5. The first-order valence-corrected chi connectivity index (χ1v) is 47.8. The molecule has 28 heteroatoms. The quantitative estimate of drug-likeness (QED) is 0.00586. The van der Waals surface area contributed by atoms with E-state index in [9.17, 15) is 24.0 Å². The van der Waals surface area contributed by atoms with Crippen LogP contribution in [0.1, 0.15) is 165 Å². The SMILES string of the molecule is C.CCCCCc1ccc(C[C@H](C)C(=O)Nc2ccc(CCCN(C)C)cc2)c2ccccc12.CCCc1ccc(C#CCCNC(=O)OCc2ccccc2)c2ccccc12.CN(C)CCCc1ccc(N)cc1.CSC(=N)NC(=O)c1nc(Cl)c(N)nc1N.C[C@@H](Cc1ccc(C#CCCNC(=O)OCc2ccccc2)c2ccccc12)C(=O)Nc1ccc(CCCN(C)C)cc1.O=C=O.S.S.S. The number of benzene rings is 11. The van der Waals surface area contributed by atoms with Gasteiger partial charge in [0.1, 0.15) is 13.2 Å². The maximum absolute atomic E-state index is 13.0. The number of ether oxygens (including phenoxy) is 2. The van der Waals surface area contributed by atoms with Crippen LogP contribution >= 0.6 is 63.8 Å². The number of anilines is 5. The summed E-state index contributed by atoms with van der Waals surface area (Å²) in [4.78, 5) is 91.4. The highest BCUT2D eigenvalue weighted by molar-refractivity contribution is 8.13. The monoisotopic (exact) mass is 1990 g/mol. The van der Waals surface area contributed by atoms with Crippen molar-refractivity contribution in [3.05, 3.63) is 315 Å². The standard InChI is InChI=1S/C37H41N3O3.C30H40N2O.C25H25NO2.C11H18N2.C7H9ClN6OS.CO2.CH4.3H2S/c1-28(36(41)39-33-22-18-29(19-23-33)14-11-25-40(2)3)26-32-21-20-31(34-16-7-8-17-35(32)34)15-9-10-24-38-37(42)43-27-30-12-5-4-6-13-30;1-5-6-7-12-25-17-18-26(29-14-9-8-13-28(25)29)22-23(2)30(33)31-27-19-15-24(16-20-27)11-10-21-32(3)4;1-2-10-21-16-17-22(24-15-7-6-14-23(21)24)13-8-9-18-26-25(27)28-19-20-11-4-3-5-12-20;1-13(2)9-3-4-10-5-7-11(12)8-6-10;1-16-7(11)14-6(15)2-4(9)13-5(10)3(8)12-2;2-1-3;;;;/h4-8,12-13,16-23,28H,10-11,14,24-27H2,1-3H3,(H,38,42)(H,39,41);8-9,13-20,23H,5-7,10-12,21-22H2,1-4H3,(H,31,33);3-7,11-12,14-17H,2,9-10,18-19H2,1H3,(H,26,27);5-8H,3-4,9,12H2,1-2H3;1H3,(H4,9,10,13)(H2,11,14,15);;1H4;3*1H2/t28-;23-;;;;;;;;/m00......../s1. The fraction of sp³-hybridized carbons (Fsp3) is 0.330.